The number of hydrogen-bond acceptors (Lipinski definition) is 10. The number of hydrogen-bond donors (Lipinski definition) is 1. The largest absolute Gasteiger partial charge is 0.507 e. The molecule has 3 aromatic rings. The maximum atomic E-state index is 13.6. The van der Waals surface area contributed by atoms with E-state index >= 15 is 0 Å². The third kappa shape index (κ3) is 5.03. The fourth-order valence-corrected chi connectivity index (χ4v) is 5.40. The molecule has 0 saturated carbocycles. The van der Waals surface area contributed by atoms with Crippen molar-refractivity contribution in [1.82, 2.24) is 4.98 Å². The lowest BCUT2D eigenvalue weighted by atomic mass is 9.93. The standard InChI is InChI=1S/C29H28N2O8S/c1-7-12-39-28(35)26-16(3)30-29(40-26)31-23(20-11-9-18(37-5)14-21(20)38-6)22(25(33)27(31)34)24(32)19-10-8-17(36-4)13-15(19)2/h7-11,13-14,23,32H,1,12H2,2-6H3/b24-22+/t23-/m0/s1. The number of aliphatic hydroxyl groups is 1. The van der Waals surface area contributed by atoms with Gasteiger partial charge in [0.25, 0.3) is 5.78 Å². The Labute approximate surface area is 235 Å². The number of methoxy groups -OCH3 is 3. The first-order valence-corrected chi connectivity index (χ1v) is 12.9. The second-order valence-corrected chi connectivity index (χ2v) is 9.73. The first-order valence-electron chi connectivity index (χ1n) is 12.1. The highest BCUT2D eigenvalue weighted by Crippen LogP contribution is 2.47. The van der Waals surface area contributed by atoms with Gasteiger partial charge in [-0.25, -0.2) is 9.78 Å². The summed E-state index contributed by atoms with van der Waals surface area (Å²) >= 11 is 0.905. The monoisotopic (exact) mass is 564 g/mol. The van der Waals surface area contributed by atoms with Gasteiger partial charge in [0.05, 0.1) is 32.6 Å². The fourth-order valence-electron chi connectivity index (χ4n) is 4.42. The van der Waals surface area contributed by atoms with Crippen LogP contribution in [0.25, 0.3) is 5.76 Å². The molecule has 0 radical (unpaired) electrons. The SMILES string of the molecule is C=CCOC(=O)c1sc(N2C(=O)C(=O)/C(=C(/O)c3ccc(OC)cc3C)[C@@H]2c2ccc(OC)cc2OC)nc1C. The number of aromatic nitrogens is 1. The van der Waals surface area contributed by atoms with Crippen LogP contribution in [-0.4, -0.2) is 55.7 Å². The number of carbonyl (C=O) groups excluding carboxylic acids is 3. The average molecular weight is 565 g/mol. The first-order chi connectivity index (χ1) is 19.2. The van der Waals surface area contributed by atoms with Crippen LogP contribution in [0.3, 0.4) is 0 Å². The van der Waals surface area contributed by atoms with E-state index in [2.05, 4.69) is 11.6 Å². The van der Waals surface area contributed by atoms with Gasteiger partial charge in [-0.3, -0.25) is 14.5 Å². The average Bonchev–Trinajstić information content (AvgIpc) is 3.46. The minimum atomic E-state index is -1.13. The van der Waals surface area contributed by atoms with Crippen LogP contribution in [0.15, 0.2) is 54.6 Å². The van der Waals surface area contributed by atoms with E-state index < -0.39 is 23.7 Å². The molecule has 1 atom stereocenters. The summed E-state index contributed by atoms with van der Waals surface area (Å²) in [5, 5.41) is 11.6. The number of aliphatic hydroxyl groups excluding tert-OH is 1. The third-order valence-electron chi connectivity index (χ3n) is 6.38. The van der Waals surface area contributed by atoms with E-state index in [-0.39, 0.29) is 27.9 Å². The second kappa shape index (κ2) is 11.6. The number of nitrogens with zero attached hydrogens (tertiary/aromatic N) is 2. The Morgan fingerprint density at radius 1 is 1.07 bits per heavy atom. The van der Waals surface area contributed by atoms with Crippen LogP contribution in [0.1, 0.15) is 38.1 Å². The molecule has 11 heteroatoms. The van der Waals surface area contributed by atoms with Gasteiger partial charge in [0.1, 0.15) is 40.5 Å². The summed E-state index contributed by atoms with van der Waals surface area (Å²) < 4.78 is 21.3. The van der Waals surface area contributed by atoms with Gasteiger partial charge in [0.15, 0.2) is 5.13 Å². The normalized spacial score (nSPS) is 16.1. The Morgan fingerprint density at radius 3 is 2.38 bits per heavy atom. The van der Waals surface area contributed by atoms with Gasteiger partial charge >= 0.3 is 11.9 Å². The van der Waals surface area contributed by atoms with Crippen molar-refractivity contribution in [2.24, 2.45) is 0 Å². The zero-order chi connectivity index (χ0) is 29.1. The van der Waals surface area contributed by atoms with Crippen LogP contribution in [0.4, 0.5) is 5.13 Å². The number of thiazole rings is 1. The van der Waals surface area contributed by atoms with Crippen LogP contribution in [0.2, 0.25) is 0 Å². The molecule has 40 heavy (non-hydrogen) atoms. The quantitative estimate of drug-likeness (QED) is 0.129. The summed E-state index contributed by atoms with van der Waals surface area (Å²) in [5.74, 6) is -1.48. The van der Waals surface area contributed by atoms with Crippen molar-refractivity contribution < 1.29 is 38.4 Å². The molecule has 4 rings (SSSR count). The summed E-state index contributed by atoms with van der Waals surface area (Å²) in [5.41, 5.74) is 1.53. The number of carbonyl (C=O) groups is 3. The molecular weight excluding hydrogens is 536 g/mol. The predicted molar refractivity (Wildman–Crippen MR) is 149 cm³/mol. The predicted octanol–water partition coefficient (Wildman–Crippen LogP) is 4.75. The lowest BCUT2D eigenvalue weighted by Gasteiger charge is -2.25. The Bertz CT molecular complexity index is 1540. The van der Waals surface area contributed by atoms with Gasteiger partial charge in [0, 0.05) is 17.2 Å². The number of ether oxygens (including phenoxy) is 4. The maximum absolute atomic E-state index is 13.6. The number of amides is 1. The molecule has 2 heterocycles. The lowest BCUT2D eigenvalue weighted by molar-refractivity contribution is -0.132. The number of rotatable bonds is 9. The highest BCUT2D eigenvalue weighted by atomic mass is 32.1. The van der Waals surface area contributed by atoms with Crippen LogP contribution in [0.5, 0.6) is 17.2 Å². The maximum Gasteiger partial charge on any atom is 0.350 e. The molecule has 208 valence electrons. The molecule has 1 aromatic heterocycles. The number of Topliss-reactive ketones (excluding diaryl/α,β-unsaturated/α-hetero) is 1. The summed E-state index contributed by atoms with van der Waals surface area (Å²) in [7, 11) is 4.46. The number of esters is 1. The van der Waals surface area contributed by atoms with Crippen LogP contribution in [0, 0.1) is 13.8 Å². The van der Waals surface area contributed by atoms with E-state index in [1.165, 1.54) is 32.3 Å². The number of benzene rings is 2. The van der Waals surface area contributed by atoms with Gasteiger partial charge in [-0.15, -0.1) is 0 Å². The fraction of sp³-hybridized carbons (Fsp3) is 0.241. The highest BCUT2D eigenvalue weighted by Gasteiger charge is 2.49. The molecule has 10 nitrogen and oxygen atoms in total. The minimum Gasteiger partial charge on any atom is -0.507 e. The molecule has 1 saturated heterocycles. The van der Waals surface area contributed by atoms with Gasteiger partial charge in [0.2, 0.25) is 0 Å². The zero-order valence-corrected chi connectivity index (χ0v) is 23.5. The van der Waals surface area contributed by atoms with E-state index in [4.69, 9.17) is 18.9 Å². The van der Waals surface area contributed by atoms with Crippen LogP contribution < -0.4 is 19.1 Å². The Kier molecular flexibility index (Phi) is 8.24. The Morgan fingerprint density at radius 2 is 1.75 bits per heavy atom. The van der Waals surface area contributed by atoms with Crippen LogP contribution >= 0.6 is 11.3 Å². The van der Waals surface area contributed by atoms with Crippen molar-refractivity contribution in [2.75, 3.05) is 32.8 Å². The topological polar surface area (TPSA) is 124 Å². The van der Waals surface area contributed by atoms with E-state index in [1.54, 1.807) is 50.2 Å². The summed E-state index contributed by atoms with van der Waals surface area (Å²) in [6.45, 7) is 6.89. The van der Waals surface area contributed by atoms with E-state index in [0.717, 1.165) is 11.3 Å². The number of aryl methyl sites for hydroxylation is 2. The Balaban J connectivity index is 1.96. The Hall–Kier alpha value is -4.64. The molecule has 1 aliphatic rings. The van der Waals surface area contributed by atoms with Crippen molar-refractivity contribution in [2.45, 2.75) is 19.9 Å². The van der Waals surface area contributed by atoms with Crippen molar-refractivity contribution in [3.05, 3.63) is 81.9 Å². The van der Waals surface area contributed by atoms with E-state index in [0.29, 0.717) is 39.6 Å². The third-order valence-corrected chi connectivity index (χ3v) is 7.51. The van der Waals surface area contributed by atoms with Gasteiger partial charge in [-0.05, 0) is 49.7 Å². The number of anilines is 1. The smallest absolute Gasteiger partial charge is 0.350 e. The zero-order valence-electron chi connectivity index (χ0n) is 22.6. The second-order valence-electron chi connectivity index (χ2n) is 8.76. The van der Waals surface area contributed by atoms with Gasteiger partial charge in [-0.2, -0.15) is 0 Å². The number of ketones is 1. The molecule has 0 unspecified atom stereocenters. The first kappa shape index (κ1) is 28.4. The summed E-state index contributed by atoms with van der Waals surface area (Å²) in [4.78, 5) is 45.6. The molecule has 1 aliphatic heterocycles. The molecule has 0 bridgehead atoms. The van der Waals surface area contributed by atoms with Gasteiger partial charge < -0.3 is 24.1 Å². The van der Waals surface area contributed by atoms with Crippen molar-refractivity contribution in [1.29, 1.82) is 0 Å². The van der Waals surface area contributed by atoms with Crippen molar-refractivity contribution in [3.63, 3.8) is 0 Å². The van der Waals surface area contributed by atoms with E-state index in [9.17, 15) is 19.5 Å². The molecule has 0 spiro atoms. The molecule has 1 amide bonds. The van der Waals surface area contributed by atoms with E-state index in [1.807, 2.05) is 0 Å². The molecule has 1 fully saturated rings. The molecule has 0 aliphatic carbocycles. The van der Waals surface area contributed by atoms with Crippen molar-refractivity contribution in [3.8, 4) is 17.2 Å². The van der Waals surface area contributed by atoms with Crippen molar-refractivity contribution >= 4 is 39.9 Å². The lowest BCUT2D eigenvalue weighted by Crippen LogP contribution is -2.29. The minimum absolute atomic E-state index is 0.000278. The van der Waals surface area contributed by atoms with Crippen LogP contribution in [-0.2, 0) is 14.3 Å². The summed E-state index contributed by atoms with van der Waals surface area (Å²) in [6.07, 6.45) is 1.44. The molecule has 1 N–H and O–H groups in total. The molecular formula is C29H28N2O8S. The summed E-state index contributed by atoms with van der Waals surface area (Å²) in [6, 6.07) is 8.74. The molecule has 2 aromatic carbocycles. The highest BCUT2D eigenvalue weighted by molar-refractivity contribution is 7.17. The van der Waals surface area contributed by atoms with Gasteiger partial charge in [-0.1, -0.05) is 24.0 Å².